The molecule has 2 atom stereocenters. The Morgan fingerprint density at radius 1 is 0.304 bits per heavy atom. The van der Waals surface area contributed by atoms with Gasteiger partial charge in [-0.3, -0.25) is 9.59 Å². The number of carbonyl (C=O) groups excluding carboxylic acids is 2. The second-order valence-electron chi connectivity index (χ2n) is 29.2. The highest BCUT2D eigenvalue weighted by atomic mass is 16.5. The van der Waals surface area contributed by atoms with Gasteiger partial charge in [0.25, 0.3) is 0 Å². The molecule has 0 fully saturated rings. The highest BCUT2D eigenvalue weighted by Gasteiger charge is 2.18. The van der Waals surface area contributed by atoms with Crippen molar-refractivity contribution in [1.82, 2.24) is 5.32 Å². The summed E-state index contributed by atoms with van der Waals surface area (Å²) in [5.41, 5.74) is 0. The third-order valence-corrected chi connectivity index (χ3v) is 19.9. The second kappa shape index (κ2) is 81.5. The Morgan fingerprint density at radius 2 is 0.543 bits per heavy atom. The van der Waals surface area contributed by atoms with E-state index in [1.807, 2.05) is 6.08 Å². The summed E-state index contributed by atoms with van der Waals surface area (Å²) in [7, 11) is 0. The molecule has 2 unspecified atom stereocenters. The van der Waals surface area contributed by atoms with Crippen LogP contribution in [0.25, 0.3) is 0 Å². The van der Waals surface area contributed by atoms with Crippen LogP contribution in [0.15, 0.2) is 36.5 Å². The maximum Gasteiger partial charge on any atom is 0.305 e. The zero-order chi connectivity index (χ0) is 66.3. The molecule has 0 aliphatic carbocycles. The van der Waals surface area contributed by atoms with Gasteiger partial charge in [-0.1, -0.05) is 436 Å². The van der Waals surface area contributed by atoms with E-state index in [2.05, 4.69) is 43.5 Å². The van der Waals surface area contributed by atoms with Crippen LogP contribution in [0, 0.1) is 0 Å². The molecule has 3 N–H and O–H groups in total. The molecule has 544 valence electrons. The second-order valence-corrected chi connectivity index (χ2v) is 29.2. The third kappa shape index (κ3) is 77.1. The number of amides is 1. The number of aliphatic hydroxyl groups excluding tert-OH is 2. The number of allylic oxidation sites excluding steroid dienone is 5. The third-order valence-electron chi connectivity index (χ3n) is 19.9. The van der Waals surface area contributed by atoms with Gasteiger partial charge in [0.15, 0.2) is 0 Å². The molecule has 92 heavy (non-hydrogen) atoms. The topological polar surface area (TPSA) is 95.9 Å². The largest absolute Gasteiger partial charge is 0.466 e. The van der Waals surface area contributed by atoms with Crippen LogP contribution in [0.4, 0.5) is 0 Å². The van der Waals surface area contributed by atoms with Gasteiger partial charge >= 0.3 is 5.97 Å². The fourth-order valence-electron chi connectivity index (χ4n) is 13.5. The van der Waals surface area contributed by atoms with Crippen molar-refractivity contribution in [3.05, 3.63) is 36.5 Å². The molecule has 0 rings (SSSR count). The zero-order valence-electron chi connectivity index (χ0n) is 62.6. The number of unbranched alkanes of at least 4 members (excludes halogenated alkanes) is 65. The van der Waals surface area contributed by atoms with Gasteiger partial charge in [0.1, 0.15) is 0 Å². The summed E-state index contributed by atoms with van der Waals surface area (Å²) in [6.45, 7) is 4.96. The highest BCUT2D eigenvalue weighted by molar-refractivity contribution is 5.76. The quantitative estimate of drug-likeness (QED) is 0.0320. The first kappa shape index (κ1) is 90.1. The highest BCUT2D eigenvalue weighted by Crippen LogP contribution is 2.20. The molecule has 0 aliphatic rings. The Balaban J connectivity index is 3.39. The minimum Gasteiger partial charge on any atom is -0.466 e. The van der Waals surface area contributed by atoms with E-state index >= 15 is 0 Å². The Bertz CT molecular complexity index is 1490. The van der Waals surface area contributed by atoms with Gasteiger partial charge in [-0.05, 0) is 64.2 Å². The molecule has 0 saturated carbocycles. The molecule has 6 nitrogen and oxygen atoms in total. The maximum absolute atomic E-state index is 12.6. The van der Waals surface area contributed by atoms with Gasteiger partial charge in [0, 0.05) is 12.8 Å². The van der Waals surface area contributed by atoms with Crippen molar-refractivity contribution in [2.24, 2.45) is 0 Å². The van der Waals surface area contributed by atoms with E-state index in [0.29, 0.717) is 19.4 Å². The van der Waals surface area contributed by atoms with Crippen LogP contribution in [0.2, 0.25) is 0 Å². The van der Waals surface area contributed by atoms with Crippen LogP contribution in [0.5, 0.6) is 0 Å². The average molecular weight is 1290 g/mol. The lowest BCUT2D eigenvalue weighted by Gasteiger charge is -2.20. The fraction of sp³-hybridized carbons (Fsp3) is 0.907. The van der Waals surface area contributed by atoms with Gasteiger partial charge in [-0.15, -0.1) is 0 Å². The normalized spacial score (nSPS) is 12.6. The molecule has 0 heterocycles. The summed E-state index contributed by atoms with van der Waals surface area (Å²) in [6, 6.07) is -0.628. The van der Waals surface area contributed by atoms with E-state index in [4.69, 9.17) is 4.74 Å². The van der Waals surface area contributed by atoms with Crippen molar-refractivity contribution in [3.8, 4) is 0 Å². The molecular weight excluding hydrogens is 1130 g/mol. The number of carbonyl (C=O) groups is 2. The standard InChI is InChI=1S/C86H165NO5/c1-3-5-7-9-11-13-15-17-19-21-23-24-25-37-40-43-46-50-54-58-62-66-70-74-78-84(89)83(82-88)87-85(90)79-75-71-67-63-59-55-51-47-44-41-38-35-33-31-29-27-26-28-30-32-34-36-39-42-45-49-53-57-61-65-69-73-77-81-92-86(91)80-76-72-68-64-60-56-52-48-22-20-18-16-14-12-10-8-6-4-2/h30,32,36,39,74,78,83-84,88-89H,3-29,31,33-35,37-38,40-73,75-77,79-82H2,1-2H3,(H,87,90)/b32-30-,39-36-,78-74+. The van der Waals surface area contributed by atoms with Crippen molar-refractivity contribution >= 4 is 11.9 Å². The van der Waals surface area contributed by atoms with E-state index in [1.54, 1.807) is 6.08 Å². The number of hydrogen-bond acceptors (Lipinski definition) is 5. The molecule has 0 aromatic carbocycles. The van der Waals surface area contributed by atoms with Crippen LogP contribution < -0.4 is 5.32 Å². The lowest BCUT2D eigenvalue weighted by Crippen LogP contribution is -2.45. The minimum absolute atomic E-state index is 0.0194. The van der Waals surface area contributed by atoms with Crippen LogP contribution in [0.3, 0.4) is 0 Å². The summed E-state index contributed by atoms with van der Waals surface area (Å²) in [5.74, 6) is -0.0415. The number of aliphatic hydroxyl groups is 2. The summed E-state index contributed by atoms with van der Waals surface area (Å²) in [6.07, 6.45) is 107. The number of rotatable bonds is 80. The van der Waals surface area contributed by atoms with Crippen molar-refractivity contribution < 1.29 is 24.5 Å². The number of nitrogens with one attached hydrogen (secondary N) is 1. The lowest BCUT2D eigenvalue weighted by atomic mass is 10.0. The van der Waals surface area contributed by atoms with Crippen molar-refractivity contribution in [3.63, 3.8) is 0 Å². The summed E-state index contributed by atoms with van der Waals surface area (Å²) < 4.78 is 5.51. The van der Waals surface area contributed by atoms with E-state index in [9.17, 15) is 19.8 Å². The van der Waals surface area contributed by atoms with Crippen molar-refractivity contribution in [2.75, 3.05) is 13.2 Å². The SMILES string of the molecule is CCCCCCCCCCCCCCCCCCCCCCCC/C=C/C(O)C(CO)NC(=O)CCCCCCCCCCCCCCCCCCC/C=C\C/C=C\CCCCCCCCCCCOC(=O)CCCCCCCCCCCCCCCCCCCC. The Morgan fingerprint density at radius 3 is 0.826 bits per heavy atom. The first-order valence-corrected chi connectivity index (χ1v) is 42.3. The molecule has 0 aromatic heterocycles. The molecule has 0 aromatic rings. The molecule has 0 aliphatic heterocycles. The van der Waals surface area contributed by atoms with Crippen LogP contribution in [-0.2, 0) is 14.3 Å². The summed E-state index contributed by atoms with van der Waals surface area (Å²) in [5, 5.41) is 23.3. The number of esters is 1. The minimum atomic E-state index is -0.845. The smallest absolute Gasteiger partial charge is 0.305 e. The summed E-state index contributed by atoms with van der Waals surface area (Å²) in [4.78, 5) is 24.7. The van der Waals surface area contributed by atoms with Crippen molar-refractivity contribution in [2.45, 2.75) is 488 Å². The van der Waals surface area contributed by atoms with Gasteiger partial charge < -0.3 is 20.3 Å². The molecular formula is C86H165NO5. The molecule has 1 amide bonds. The van der Waals surface area contributed by atoms with Gasteiger partial charge in [-0.25, -0.2) is 0 Å². The van der Waals surface area contributed by atoms with Gasteiger partial charge in [0.05, 0.1) is 25.4 Å². The van der Waals surface area contributed by atoms with E-state index in [1.165, 1.54) is 405 Å². The lowest BCUT2D eigenvalue weighted by molar-refractivity contribution is -0.143. The first-order valence-electron chi connectivity index (χ1n) is 42.3. The van der Waals surface area contributed by atoms with E-state index in [0.717, 1.165) is 44.9 Å². The Kier molecular flexibility index (Phi) is 79.8. The maximum atomic E-state index is 12.6. The average Bonchev–Trinajstić information content (AvgIpc) is 3.77. The van der Waals surface area contributed by atoms with Crippen LogP contribution in [0.1, 0.15) is 476 Å². The van der Waals surface area contributed by atoms with E-state index < -0.39 is 12.1 Å². The molecule has 0 saturated heterocycles. The molecule has 0 bridgehead atoms. The predicted octanol–water partition coefficient (Wildman–Crippen LogP) is 28.2. The molecule has 0 radical (unpaired) electrons. The molecule has 6 heteroatoms. The monoisotopic (exact) mass is 1290 g/mol. The molecule has 0 spiro atoms. The summed E-state index contributed by atoms with van der Waals surface area (Å²) >= 11 is 0. The van der Waals surface area contributed by atoms with Gasteiger partial charge in [-0.2, -0.15) is 0 Å². The number of hydrogen-bond donors (Lipinski definition) is 3. The van der Waals surface area contributed by atoms with Crippen LogP contribution in [-0.4, -0.2) is 47.4 Å². The zero-order valence-corrected chi connectivity index (χ0v) is 62.6. The van der Waals surface area contributed by atoms with Crippen molar-refractivity contribution in [1.29, 1.82) is 0 Å². The van der Waals surface area contributed by atoms with E-state index in [-0.39, 0.29) is 18.5 Å². The Labute approximate surface area is 576 Å². The number of ether oxygens (including phenoxy) is 1. The Hall–Kier alpha value is -1.92. The predicted molar refractivity (Wildman–Crippen MR) is 407 cm³/mol. The fourth-order valence-corrected chi connectivity index (χ4v) is 13.5. The first-order chi connectivity index (χ1) is 45.5. The van der Waals surface area contributed by atoms with Gasteiger partial charge in [0.2, 0.25) is 5.91 Å². The van der Waals surface area contributed by atoms with Crippen LogP contribution >= 0.6 is 0 Å².